The molecule has 1 aliphatic rings. The van der Waals surface area contributed by atoms with E-state index in [0.29, 0.717) is 0 Å². The van der Waals surface area contributed by atoms with Gasteiger partial charge < -0.3 is 25.4 Å². The zero-order valence-corrected chi connectivity index (χ0v) is 12.7. The minimum Gasteiger partial charge on any atom is -0.425 e. The van der Waals surface area contributed by atoms with Crippen molar-refractivity contribution < 1.29 is 25.4 Å². The predicted molar refractivity (Wildman–Crippen MR) is 49.0 cm³/mol. The molecule has 66 valence electrons. The van der Waals surface area contributed by atoms with E-state index in [0.717, 1.165) is 0 Å². The van der Waals surface area contributed by atoms with Crippen LogP contribution in [-0.2, 0) is 20.6 Å². The summed E-state index contributed by atoms with van der Waals surface area (Å²) in [6.45, 7) is 0. The number of hydrogen-bond donors (Lipinski definition) is 1. The summed E-state index contributed by atoms with van der Waals surface area (Å²) in [5.41, 5.74) is 0. The third kappa shape index (κ3) is 5.14. The molecule has 0 amide bonds. The van der Waals surface area contributed by atoms with Crippen LogP contribution in [0.3, 0.4) is 0 Å². The first kappa shape index (κ1) is 9.93. The molecule has 0 aliphatic carbocycles. The lowest BCUT2D eigenvalue weighted by Crippen LogP contribution is -2.32. The fourth-order valence-corrected chi connectivity index (χ4v) is 9.05. The van der Waals surface area contributed by atoms with Crippen LogP contribution in [0.2, 0.25) is 0 Å². The van der Waals surface area contributed by atoms with Crippen molar-refractivity contribution >= 4 is 49.6 Å². The van der Waals surface area contributed by atoms with E-state index in [-0.39, 0.29) is 0 Å². The second kappa shape index (κ2) is 6.37. The minimum absolute atomic E-state index is 0.858. The van der Waals surface area contributed by atoms with Gasteiger partial charge in [-0.1, -0.05) is 0 Å². The summed E-state index contributed by atoms with van der Waals surface area (Å²) in [7, 11) is -6.11. The summed E-state index contributed by atoms with van der Waals surface area (Å²) in [5.74, 6) is 0. The lowest BCUT2D eigenvalue weighted by atomic mass is 15.7. The average molecular weight is 247 g/mol. The molecule has 0 atom stereocenters. The Bertz CT molecular complexity index is 87.0. The summed E-state index contributed by atoms with van der Waals surface area (Å²) in [6.07, 6.45) is 0. The lowest BCUT2D eigenvalue weighted by Gasteiger charge is -2.14. The van der Waals surface area contributed by atoms with Crippen molar-refractivity contribution in [3.05, 3.63) is 0 Å². The molecule has 0 radical (unpaired) electrons. The first-order chi connectivity index (χ1) is 5.39. The molecule has 0 bridgehead atoms. The largest absolute Gasteiger partial charge is 0.462 e. The Morgan fingerprint density at radius 3 is 1.82 bits per heavy atom. The maximum atomic E-state index is 9.02. The molecule has 6 nitrogen and oxygen atoms in total. The van der Waals surface area contributed by atoms with Gasteiger partial charge in [-0.2, -0.15) is 0 Å². The smallest absolute Gasteiger partial charge is 0.425 e. The highest BCUT2D eigenvalue weighted by molar-refractivity contribution is 6.55. The van der Waals surface area contributed by atoms with Crippen LogP contribution in [0.4, 0.5) is 0 Å². The zero-order chi connectivity index (χ0) is 7.94. The van der Waals surface area contributed by atoms with Crippen molar-refractivity contribution in [1.29, 1.82) is 0 Å². The van der Waals surface area contributed by atoms with Gasteiger partial charge in [0, 0.05) is 0 Å². The number of hydrogen-bond acceptors (Lipinski definition) is 6. The van der Waals surface area contributed by atoms with Gasteiger partial charge in [-0.05, 0) is 0 Å². The number of rotatable bonds is 0. The summed E-state index contributed by atoms with van der Waals surface area (Å²) < 4.78 is 25.1. The summed E-state index contributed by atoms with van der Waals surface area (Å²) in [4.78, 5) is 9.02. The topological polar surface area (TPSA) is 66.4 Å². The van der Waals surface area contributed by atoms with Gasteiger partial charge in [-0.25, -0.2) is 0 Å². The van der Waals surface area contributed by atoms with E-state index in [4.69, 9.17) is 25.4 Å². The Hall–Kier alpha value is 0.844. The maximum absolute atomic E-state index is 9.02. The van der Waals surface area contributed by atoms with Gasteiger partial charge in [0.25, 0.3) is 40.0 Å². The van der Waals surface area contributed by atoms with Crippen molar-refractivity contribution in [3.8, 4) is 0 Å². The fourth-order valence-electron chi connectivity index (χ4n) is 0.481. The minimum atomic E-state index is -2.36. The molecule has 1 heterocycles. The zero-order valence-electron chi connectivity index (χ0n) is 5.89. The second-order valence-corrected chi connectivity index (χ2v) is 10.8. The van der Waals surface area contributed by atoms with Crippen LogP contribution in [0.1, 0.15) is 0 Å². The van der Waals surface area contributed by atoms with Gasteiger partial charge in [0.2, 0.25) is 0 Å². The molecular formula is H10O6Si5. The van der Waals surface area contributed by atoms with Crippen LogP contribution < -0.4 is 0 Å². The molecule has 0 unspecified atom stereocenters. The quantitative estimate of drug-likeness (QED) is 0.431. The Morgan fingerprint density at radius 2 is 1.27 bits per heavy atom. The van der Waals surface area contributed by atoms with E-state index in [2.05, 4.69) is 0 Å². The summed E-state index contributed by atoms with van der Waals surface area (Å²) in [6, 6.07) is 0. The Morgan fingerprint density at radius 1 is 0.818 bits per heavy atom. The second-order valence-electron chi connectivity index (χ2n) is 1.72. The van der Waals surface area contributed by atoms with Gasteiger partial charge in [0.15, 0.2) is 0 Å². The molecule has 0 spiro atoms. The molecule has 1 fully saturated rings. The molecule has 0 saturated carbocycles. The van der Waals surface area contributed by atoms with Crippen molar-refractivity contribution in [1.82, 2.24) is 0 Å². The Balaban J connectivity index is 2.12. The first-order valence-corrected chi connectivity index (χ1v) is 9.12. The van der Waals surface area contributed by atoms with Crippen LogP contribution in [-0.4, -0.2) is 54.3 Å². The van der Waals surface area contributed by atoms with Crippen LogP contribution in [0.5, 0.6) is 0 Å². The molecular weight excluding hydrogens is 236 g/mol. The molecule has 0 aromatic rings. The van der Waals surface area contributed by atoms with E-state index in [9.17, 15) is 0 Å². The van der Waals surface area contributed by atoms with Crippen molar-refractivity contribution in [2.24, 2.45) is 0 Å². The summed E-state index contributed by atoms with van der Waals surface area (Å²) in [5, 5.41) is 0. The first-order valence-electron chi connectivity index (χ1n) is 3.04. The van der Waals surface area contributed by atoms with Crippen LogP contribution in [0, 0.1) is 0 Å². The van der Waals surface area contributed by atoms with Crippen molar-refractivity contribution in [3.63, 3.8) is 0 Å². The van der Waals surface area contributed by atoms with Gasteiger partial charge in [-0.15, -0.1) is 0 Å². The Kier molecular flexibility index (Phi) is 5.75. The molecule has 1 saturated heterocycles. The molecule has 11 heteroatoms. The van der Waals surface area contributed by atoms with Crippen molar-refractivity contribution in [2.45, 2.75) is 0 Å². The van der Waals surface area contributed by atoms with Gasteiger partial charge in [0.05, 0.1) is 0 Å². The summed E-state index contributed by atoms with van der Waals surface area (Å²) >= 11 is 0. The highest BCUT2D eigenvalue weighted by atomic mass is 28.4. The monoisotopic (exact) mass is 246 g/mol. The van der Waals surface area contributed by atoms with Gasteiger partial charge >= 0.3 is 9.53 Å². The fraction of sp³-hybridized carbons (Fsp3) is 0. The van der Waals surface area contributed by atoms with E-state index in [1.54, 1.807) is 0 Å². The van der Waals surface area contributed by atoms with Crippen LogP contribution in [0.15, 0.2) is 0 Å². The van der Waals surface area contributed by atoms with Gasteiger partial charge in [-0.3, -0.25) is 0 Å². The maximum Gasteiger partial charge on any atom is 0.462 e. The molecule has 1 rings (SSSR count). The van der Waals surface area contributed by atoms with Crippen LogP contribution >= 0.6 is 0 Å². The predicted octanol–water partition coefficient (Wildman–Crippen LogP) is -5.21. The molecule has 11 heavy (non-hydrogen) atoms. The molecule has 1 aliphatic heterocycles. The highest BCUT2D eigenvalue weighted by Gasteiger charge is 2.10. The van der Waals surface area contributed by atoms with Gasteiger partial charge in [0.1, 0.15) is 0 Å². The highest BCUT2D eigenvalue weighted by Crippen LogP contribution is 1.85. The lowest BCUT2D eigenvalue weighted by molar-refractivity contribution is 0.263. The van der Waals surface area contributed by atoms with Crippen LogP contribution in [0.25, 0.3) is 0 Å². The normalized spacial score (nSPS) is 38.5. The standard InChI is InChI=1S/H10O6Si5/c1-11-5-9-3-7-2-8-4-10-6-11/h1,11H,7-10H2. The van der Waals surface area contributed by atoms with E-state index >= 15 is 0 Å². The molecule has 0 aromatic carbocycles. The SMILES string of the molecule is O[SiH]1O[SiH2]O[SiH2]O[SiH2]O[SiH2]O1. The molecule has 0 aromatic heterocycles. The molecule has 1 N–H and O–H groups in total. The third-order valence-corrected chi connectivity index (χ3v) is 8.29. The van der Waals surface area contributed by atoms with E-state index in [1.165, 1.54) is 0 Å². The third-order valence-electron chi connectivity index (χ3n) is 0.921. The van der Waals surface area contributed by atoms with E-state index < -0.39 is 49.6 Å². The van der Waals surface area contributed by atoms with E-state index in [1.807, 2.05) is 0 Å². The average Bonchev–Trinajstić information content (AvgIpc) is 2.03. The Labute approximate surface area is 75.4 Å². The van der Waals surface area contributed by atoms with Crippen molar-refractivity contribution in [2.75, 3.05) is 0 Å².